The Balaban J connectivity index is 1.38. The second kappa shape index (κ2) is 10.3. The first-order valence-corrected chi connectivity index (χ1v) is 10.3. The van der Waals surface area contributed by atoms with E-state index in [2.05, 4.69) is 20.9 Å². The molecule has 0 aliphatic carbocycles. The van der Waals surface area contributed by atoms with E-state index in [0.29, 0.717) is 5.69 Å². The number of amides is 3. The molecule has 1 aliphatic heterocycles. The molecule has 29 heavy (non-hydrogen) atoms. The maximum Gasteiger partial charge on any atom is 0.319 e. The lowest BCUT2D eigenvalue weighted by molar-refractivity contribution is -0.123. The van der Waals surface area contributed by atoms with E-state index >= 15 is 0 Å². The van der Waals surface area contributed by atoms with Gasteiger partial charge in [0.15, 0.2) is 0 Å². The van der Waals surface area contributed by atoms with Gasteiger partial charge in [0, 0.05) is 36.4 Å². The van der Waals surface area contributed by atoms with Gasteiger partial charge in [-0.05, 0) is 49.6 Å². The van der Waals surface area contributed by atoms with Gasteiger partial charge in [-0.3, -0.25) is 9.69 Å². The number of hydrogen-bond donors (Lipinski definition) is 3. The van der Waals surface area contributed by atoms with Crippen molar-refractivity contribution >= 4 is 29.2 Å². The summed E-state index contributed by atoms with van der Waals surface area (Å²) in [6.45, 7) is 4.42. The van der Waals surface area contributed by atoms with Crippen LogP contribution in [0.2, 0.25) is 5.02 Å². The Kier molecular flexibility index (Phi) is 7.49. The SMILES string of the molecule is CC(NC(=O)Nc1ccccc1)C(=O)NC1CCN(Cc2ccc(Cl)cc2)CC1. The number of piperidine rings is 1. The second-order valence-corrected chi connectivity index (χ2v) is 7.81. The number of para-hydroxylation sites is 1. The summed E-state index contributed by atoms with van der Waals surface area (Å²) in [5.74, 6) is -0.163. The Morgan fingerprint density at radius 2 is 1.72 bits per heavy atom. The summed E-state index contributed by atoms with van der Waals surface area (Å²) in [5.41, 5.74) is 1.92. The third kappa shape index (κ3) is 6.76. The van der Waals surface area contributed by atoms with E-state index in [9.17, 15) is 9.59 Å². The van der Waals surface area contributed by atoms with E-state index in [4.69, 9.17) is 11.6 Å². The number of benzene rings is 2. The quantitative estimate of drug-likeness (QED) is 0.675. The van der Waals surface area contributed by atoms with E-state index < -0.39 is 12.1 Å². The lowest BCUT2D eigenvalue weighted by atomic mass is 10.0. The van der Waals surface area contributed by atoms with Crippen LogP contribution in [0.5, 0.6) is 0 Å². The van der Waals surface area contributed by atoms with Gasteiger partial charge in [-0.15, -0.1) is 0 Å². The van der Waals surface area contributed by atoms with Gasteiger partial charge in [-0.25, -0.2) is 4.79 Å². The van der Waals surface area contributed by atoms with Gasteiger partial charge in [0.2, 0.25) is 5.91 Å². The molecular weight excluding hydrogens is 388 g/mol. The first-order valence-electron chi connectivity index (χ1n) is 9.89. The molecule has 1 unspecified atom stereocenters. The van der Waals surface area contributed by atoms with Crippen molar-refractivity contribution in [3.63, 3.8) is 0 Å². The molecule has 1 heterocycles. The molecule has 1 fully saturated rings. The number of nitrogens with zero attached hydrogens (tertiary/aromatic N) is 1. The molecule has 0 aromatic heterocycles. The van der Waals surface area contributed by atoms with E-state index in [1.54, 1.807) is 19.1 Å². The zero-order valence-corrected chi connectivity index (χ0v) is 17.3. The minimum absolute atomic E-state index is 0.130. The number of rotatable bonds is 6. The molecular formula is C22H27ClN4O2. The molecule has 2 aromatic rings. The van der Waals surface area contributed by atoms with Gasteiger partial charge in [-0.1, -0.05) is 41.9 Å². The van der Waals surface area contributed by atoms with Crippen LogP contribution in [0.1, 0.15) is 25.3 Å². The van der Waals surface area contributed by atoms with Crippen molar-refractivity contribution in [2.24, 2.45) is 0 Å². The smallest absolute Gasteiger partial charge is 0.319 e. The maximum atomic E-state index is 12.4. The molecule has 154 valence electrons. The Labute approximate surface area is 176 Å². The molecule has 1 atom stereocenters. The van der Waals surface area contributed by atoms with E-state index in [0.717, 1.165) is 37.5 Å². The zero-order valence-electron chi connectivity index (χ0n) is 16.5. The zero-order chi connectivity index (χ0) is 20.6. The number of likely N-dealkylation sites (tertiary alicyclic amines) is 1. The number of nitrogens with one attached hydrogen (secondary N) is 3. The van der Waals surface area contributed by atoms with Gasteiger partial charge in [0.05, 0.1) is 0 Å². The number of anilines is 1. The average Bonchev–Trinajstić information content (AvgIpc) is 2.71. The fraction of sp³-hybridized carbons (Fsp3) is 0.364. The lowest BCUT2D eigenvalue weighted by Crippen LogP contribution is -2.51. The Morgan fingerprint density at radius 1 is 1.07 bits per heavy atom. The van der Waals surface area contributed by atoms with Gasteiger partial charge < -0.3 is 16.0 Å². The molecule has 3 rings (SSSR count). The minimum Gasteiger partial charge on any atom is -0.351 e. The van der Waals surface area contributed by atoms with Crippen molar-refractivity contribution in [3.05, 3.63) is 65.2 Å². The van der Waals surface area contributed by atoms with E-state index in [1.165, 1.54) is 5.56 Å². The fourth-order valence-corrected chi connectivity index (χ4v) is 3.49. The number of hydrogen-bond acceptors (Lipinski definition) is 3. The summed E-state index contributed by atoms with van der Waals surface area (Å²) in [5, 5.41) is 9.20. The average molecular weight is 415 g/mol. The predicted molar refractivity (Wildman–Crippen MR) is 116 cm³/mol. The fourth-order valence-electron chi connectivity index (χ4n) is 3.36. The first kappa shape index (κ1) is 21.1. The normalized spacial score (nSPS) is 16.1. The molecule has 6 nitrogen and oxygen atoms in total. The number of halogens is 1. The van der Waals surface area contributed by atoms with Crippen molar-refractivity contribution in [2.75, 3.05) is 18.4 Å². The monoisotopic (exact) mass is 414 g/mol. The Hall–Kier alpha value is -2.57. The third-order valence-electron chi connectivity index (χ3n) is 5.03. The van der Waals surface area contributed by atoms with E-state index in [-0.39, 0.29) is 11.9 Å². The summed E-state index contributed by atoms with van der Waals surface area (Å²) < 4.78 is 0. The Morgan fingerprint density at radius 3 is 2.38 bits per heavy atom. The molecule has 0 bridgehead atoms. The standard InChI is InChI=1S/C22H27ClN4O2/c1-16(24-22(29)26-19-5-3-2-4-6-19)21(28)25-20-11-13-27(14-12-20)15-17-7-9-18(23)10-8-17/h2-10,16,20H,11-15H2,1H3,(H,25,28)(H2,24,26,29). The van der Waals surface area contributed by atoms with E-state index in [1.807, 2.05) is 42.5 Å². The lowest BCUT2D eigenvalue weighted by Gasteiger charge is -2.33. The minimum atomic E-state index is -0.606. The van der Waals surface area contributed by atoms with Gasteiger partial charge in [-0.2, -0.15) is 0 Å². The van der Waals surface area contributed by atoms with Gasteiger partial charge >= 0.3 is 6.03 Å². The van der Waals surface area contributed by atoms with Crippen LogP contribution < -0.4 is 16.0 Å². The molecule has 0 spiro atoms. The maximum absolute atomic E-state index is 12.4. The molecule has 1 saturated heterocycles. The van der Waals surface area contributed by atoms with Gasteiger partial charge in [0.1, 0.15) is 6.04 Å². The highest BCUT2D eigenvalue weighted by atomic mass is 35.5. The molecule has 2 aromatic carbocycles. The van der Waals surface area contributed by atoms with Crippen molar-refractivity contribution < 1.29 is 9.59 Å². The van der Waals surface area contributed by atoms with Crippen LogP contribution in [-0.2, 0) is 11.3 Å². The predicted octanol–water partition coefficient (Wildman–Crippen LogP) is 3.63. The topological polar surface area (TPSA) is 73.5 Å². The van der Waals surface area contributed by atoms with Crippen molar-refractivity contribution in [1.29, 1.82) is 0 Å². The first-order chi connectivity index (χ1) is 14.0. The van der Waals surface area contributed by atoms with Crippen LogP contribution in [0.4, 0.5) is 10.5 Å². The highest BCUT2D eigenvalue weighted by molar-refractivity contribution is 6.30. The summed E-state index contributed by atoms with van der Waals surface area (Å²) in [6.07, 6.45) is 1.78. The molecule has 0 saturated carbocycles. The van der Waals surface area contributed by atoms with Crippen LogP contribution in [0.15, 0.2) is 54.6 Å². The number of urea groups is 1. The number of carbonyl (C=O) groups excluding carboxylic acids is 2. The van der Waals surface area contributed by atoms with Crippen molar-refractivity contribution in [3.8, 4) is 0 Å². The highest BCUT2D eigenvalue weighted by Crippen LogP contribution is 2.16. The molecule has 1 aliphatic rings. The van der Waals surface area contributed by atoms with Crippen LogP contribution in [0.3, 0.4) is 0 Å². The molecule has 3 amide bonds. The summed E-state index contributed by atoms with van der Waals surface area (Å²) in [7, 11) is 0. The highest BCUT2D eigenvalue weighted by Gasteiger charge is 2.23. The second-order valence-electron chi connectivity index (χ2n) is 7.37. The van der Waals surface area contributed by atoms with Crippen LogP contribution in [0.25, 0.3) is 0 Å². The van der Waals surface area contributed by atoms with Crippen molar-refractivity contribution in [1.82, 2.24) is 15.5 Å². The van der Waals surface area contributed by atoms with Gasteiger partial charge in [0.25, 0.3) is 0 Å². The third-order valence-corrected chi connectivity index (χ3v) is 5.28. The van der Waals surface area contributed by atoms with Crippen LogP contribution in [0, 0.1) is 0 Å². The van der Waals surface area contributed by atoms with Crippen LogP contribution >= 0.6 is 11.6 Å². The Bertz CT molecular complexity index is 805. The molecule has 0 radical (unpaired) electrons. The van der Waals surface area contributed by atoms with Crippen LogP contribution in [-0.4, -0.2) is 42.0 Å². The molecule has 7 heteroatoms. The summed E-state index contributed by atoms with van der Waals surface area (Å²) in [6, 6.07) is 16.2. The largest absolute Gasteiger partial charge is 0.351 e. The summed E-state index contributed by atoms with van der Waals surface area (Å²) in [4.78, 5) is 26.8. The summed E-state index contributed by atoms with van der Waals surface area (Å²) >= 11 is 5.94. The number of carbonyl (C=O) groups is 2. The van der Waals surface area contributed by atoms with Crippen molar-refractivity contribution in [2.45, 2.75) is 38.4 Å². The molecule has 3 N–H and O–H groups in total.